The molecular weight excluding hydrogens is 251 g/mol. The van der Waals surface area contributed by atoms with Crippen molar-refractivity contribution in [1.29, 1.82) is 0 Å². The summed E-state index contributed by atoms with van der Waals surface area (Å²) >= 11 is 0. The van der Waals surface area contributed by atoms with E-state index in [1.54, 1.807) is 12.1 Å². The van der Waals surface area contributed by atoms with Gasteiger partial charge in [-0.15, -0.1) is 0 Å². The highest BCUT2D eigenvalue weighted by molar-refractivity contribution is 5.58. The minimum Gasteiger partial charge on any atom is -0.370 e. The molecule has 2 aliphatic rings. The van der Waals surface area contributed by atoms with E-state index in [0.29, 0.717) is 6.04 Å². The lowest BCUT2D eigenvalue weighted by Crippen LogP contribution is -2.41. The van der Waals surface area contributed by atoms with Crippen molar-refractivity contribution in [3.8, 4) is 0 Å². The minimum atomic E-state index is -0.121. The summed E-state index contributed by atoms with van der Waals surface area (Å²) in [6, 6.07) is 5.87. The van der Waals surface area contributed by atoms with E-state index in [9.17, 15) is 4.39 Å². The van der Waals surface area contributed by atoms with Crippen molar-refractivity contribution >= 4 is 5.69 Å². The molecule has 1 fully saturated rings. The summed E-state index contributed by atoms with van der Waals surface area (Å²) in [5, 5.41) is 3.71. The third-order valence-corrected chi connectivity index (χ3v) is 4.94. The molecule has 1 aliphatic heterocycles. The molecule has 0 bridgehead atoms. The topological polar surface area (TPSA) is 15.3 Å². The Morgan fingerprint density at radius 1 is 1.30 bits per heavy atom. The van der Waals surface area contributed by atoms with Gasteiger partial charge in [0, 0.05) is 31.4 Å². The first-order valence-electron chi connectivity index (χ1n) is 8.01. The molecule has 0 spiro atoms. The first-order valence-corrected chi connectivity index (χ1v) is 8.01. The number of halogens is 1. The summed E-state index contributed by atoms with van der Waals surface area (Å²) < 4.78 is 13.4. The van der Waals surface area contributed by atoms with E-state index in [1.807, 2.05) is 6.07 Å². The average molecular weight is 276 g/mol. The first kappa shape index (κ1) is 13.9. The Labute approximate surface area is 121 Å². The van der Waals surface area contributed by atoms with Gasteiger partial charge in [-0.2, -0.15) is 0 Å². The Morgan fingerprint density at radius 3 is 3.00 bits per heavy atom. The highest BCUT2D eigenvalue weighted by atomic mass is 19.1. The fourth-order valence-corrected chi connectivity index (χ4v) is 3.66. The molecular formula is C17H25FN2. The predicted octanol–water partition coefficient (Wildman–Crippen LogP) is 3.36. The van der Waals surface area contributed by atoms with Gasteiger partial charge in [-0.3, -0.25) is 0 Å². The van der Waals surface area contributed by atoms with Gasteiger partial charge in [0.2, 0.25) is 0 Å². The fourth-order valence-electron chi connectivity index (χ4n) is 3.66. The number of nitrogens with zero attached hydrogens (tertiary/aromatic N) is 1. The van der Waals surface area contributed by atoms with Gasteiger partial charge in [0.15, 0.2) is 0 Å². The summed E-state index contributed by atoms with van der Waals surface area (Å²) in [5.74, 6) is 0.677. The average Bonchev–Trinajstić information content (AvgIpc) is 2.83. The molecule has 2 unspecified atom stereocenters. The van der Waals surface area contributed by atoms with Gasteiger partial charge in [-0.25, -0.2) is 4.39 Å². The third-order valence-electron chi connectivity index (χ3n) is 4.94. The third kappa shape index (κ3) is 2.98. The van der Waals surface area contributed by atoms with E-state index in [0.717, 1.165) is 37.7 Å². The molecule has 110 valence electrons. The van der Waals surface area contributed by atoms with E-state index in [2.05, 4.69) is 17.1 Å². The van der Waals surface area contributed by atoms with Gasteiger partial charge >= 0.3 is 0 Å². The first-order chi connectivity index (χ1) is 9.74. The second-order valence-corrected chi connectivity index (χ2v) is 6.33. The molecule has 20 heavy (non-hydrogen) atoms. The fraction of sp³-hybridized carbons (Fsp3) is 0.647. The van der Waals surface area contributed by atoms with Crippen LogP contribution in [0.5, 0.6) is 0 Å². The van der Waals surface area contributed by atoms with E-state index < -0.39 is 0 Å². The lowest BCUT2D eigenvalue weighted by molar-refractivity contribution is 0.283. The van der Waals surface area contributed by atoms with Crippen LogP contribution >= 0.6 is 0 Å². The minimum absolute atomic E-state index is 0.121. The van der Waals surface area contributed by atoms with Crippen LogP contribution in [0.3, 0.4) is 0 Å². The Morgan fingerprint density at radius 2 is 2.15 bits per heavy atom. The summed E-state index contributed by atoms with van der Waals surface area (Å²) in [6.45, 7) is 5.38. The number of anilines is 1. The number of benzene rings is 1. The molecule has 0 aromatic heterocycles. The molecule has 1 saturated carbocycles. The molecule has 2 nitrogen and oxygen atoms in total. The highest BCUT2D eigenvalue weighted by Gasteiger charge is 2.22. The molecule has 1 aromatic rings. The molecule has 0 radical (unpaired) electrons. The van der Waals surface area contributed by atoms with Crippen molar-refractivity contribution in [2.45, 2.75) is 45.1 Å². The van der Waals surface area contributed by atoms with Crippen molar-refractivity contribution in [3.05, 3.63) is 29.6 Å². The molecule has 3 rings (SSSR count). The van der Waals surface area contributed by atoms with Crippen LogP contribution in [0.15, 0.2) is 18.2 Å². The summed E-state index contributed by atoms with van der Waals surface area (Å²) in [7, 11) is 0. The Bertz CT molecular complexity index is 460. The Balaban J connectivity index is 1.52. The standard InChI is InChI=1S/C17H25FN2/c1-13-4-2-3-5-16(13)19-9-11-20-10-8-14-6-7-15(18)12-17(14)20/h6-7,12-13,16,19H,2-5,8-11H2,1H3. The van der Waals surface area contributed by atoms with Crippen LogP contribution in [0.2, 0.25) is 0 Å². The van der Waals surface area contributed by atoms with Crippen molar-refractivity contribution in [2.24, 2.45) is 5.92 Å². The molecule has 0 amide bonds. The maximum absolute atomic E-state index is 13.4. The van der Waals surface area contributed by atoms with Gasteiger partial charge < -0.3 is 10.2 Å². The van der Waals surface area contributed by atoms with Crippen LogP contribution < -0.4 is 10.2 Å². The van der Waals surface area contributed by atoms with Gasteiger partial charge in [0.25, 0.3) is 0 Å². The van der Waals surface area contributed by atoms with Gasteiger partial charge in [-0.1, -0.05) is 25.8 Å². The molecule has 1 heterocycles. The lowest BCUT2D eigenvalue weighted by Gasteiger charge is -2.30. The van der Waals surface area contributed by atoms with Gasteiger partial charge in [0.1, 0.15) is 5.82 Å². The zero-order chi connectivity index (χ0) is 13.9. The predicted molar refractivity (Wildman–Crippen MR) is 81.7 cm³/mol. The number of rotatable bonds is 4. The summed E-state index contributed by atoms with van der Waals surface area (Å²) in [4.78, 5) is 2.32. The quantitative estimate of drug-likeness (QED) is 0.907. The van der Waals surface area contributed by atoms with Crippen LogP contribution in [-0.4, -0.2) is 25.7 Å². The van der Waals surface area contributed by atoms with Crippen molar-refractivity contribution in [3.63, 3.8) is 0 Å². The van der Waals surface area contributed by atoms with Gasteiger partial charge in [0.05, 0.1) is 0 Å². The summed E-state index contributed by atoms with van der Waals surface area (Å²) in [6.07, 6.45) is 6.47. The largest absolute Gasteiger partial charge is 0.370 e. The van der Waals surface area contributed by atoms with Crippen molar-refractivity contribution < 1.29 is 4.39 Å². The molecule has 1 N–H and O–H groups in total. The normalized spacial score (nSPS) is 25.8. The highest BCUT2D eigenvalue weighted by Crippen LogP contribution is 2.28. The zero-order valence-corrected chi connectivity index (χ0v) is 12.4. The smallest absolute Gasteiger partial charge is 0.125 e. The second-order valence-electron chi connectivity index (χ2n) is 6.33. The number of nitrogens with one attached hydrogen (secondary N) is 1. The number of fused-ring (bicyclic) bond motifs is 1. The van der Waals surface area contributed by atoms with E-state index in [-0.39, 0.29) is 5.82 Å². The lowest BCUT2D eigenvalue weighted by atomic mass is 9.86. The molecule has 2 atom stereocenters. The maximum atomic E-state index is 13.4. The SMILES string of the molecule is CC1CCCCC1NCCN1CCc2ccc(F)cc21. The second kappa shape index (κ2) is 6.13. The number of hydrogen-bond donors (Lipinski definition) is 1. The van der Waals surface area contributed by atoms with Crippen LogP contribution in [0.25, 0.3) is 0 Å². The Kier molecular flexibility index (Phi) is 4.25. The van der Waals surface area contributed by atoms with Crippen molar-refractivity contribution in [2.75, 3.05) is 24.5 Å². The van der Waals surface area contributed by atoms with Crippen LogP contribution in [0.4, 0.5) is 10.1 Å². The van der Waals surface area contributed by atoms with Crippen LogP contribution in [-0.2, 0) is 6.42 Å². The number of hydrogen-bond acceptors (Lipinski definition) is 2. The molecule has 1 aromatic carbocycles. The summed E-state index contributed by atoms with van der Waals surface area (Å²) in [5.41, 5.74) is 2.39. The van der Waals surface area contributed by atoms with Gasteiger partial charge in [-0.05, 0) is 42.9 Å². The van der Waals surface area contributed by atoms with E-state index in [4.69, 9.17) is 0 Å². The maximum Gasteiger partial charge on any atom is 0.125 e. The van der Waals surface area contributed by atoms with Crippen molar-refractivity contribution in [1.82, 2.24) is 5.32 Å². The van der Waals surface area contributed by atoms with E-state index >= 15 is 0 Å². The van der Waals surface area contributed by atoms with E-state index in [1.165, 1.54) is 31.2 Å². The monoisotopic (exact) mass is 276 g/mol. The van der Waals surface area contributed by atoms with Crippen LogP contribution in [0, 0.1) is 11.7 Å². The molecule has 0 saturated heterocycles. The molecule has 3 heteroatoms. The van der Waals surface area contributed by atoms with Crippen LogP contribution in [0.1, 0.15) is 38.2 Å². The molecule has 1 aliphatic carbocycles. The zero-order valence-electron chi connectivity index (χ0n) is 12.4. The Hall–Kier alpha value is -1.09.